The van der Waals surface area contributed by atoms with Crippen LogP contribution >= 0.6 is 0 Å². The van der Waals surface area contributed by atoms with Crippen molar-refractivity contribution >= 4 is 33.2 Å². The Morgan fingerprint density at radius 1 is 1.17 bits per heavy atom. The molecule has 2 aromatic carbocycles. The summed E-state index contributed by atoms with van der Waals surface area (Å²) in [6.07, 6.45) is 0.219. The molecule has 1 N–H and O–H groups in total. The van der Waals surface area contributed by atoms with Gasteiger partial charge in [-0.05, 0) is 49.7 Å². The van der Waals surface area contributed by atoms with E-state index in [1.807, 2.05) is 6.92 Å². The van der Waals surface area contributed by atoms with Crippen LogP contribution in [0.5, 0.6) is 5.75 Å². The van der Waals surface area contributed by atoms with Crippen LogP contribution in [0.1, 0.15) is 30.6 Å². The molecular weight excluding hydrogens is 406 g/mol. The number of fused-ring (bicyclic) bond motifs is 1. The summed E-state index contributed by atoms with van der Waals surface area (Å²) in [4.78, 5) is 26.7. The molecule has 1 aliphatic rings. The van der Waals surface area contributed by atoms with E-state index in [0.29, 0.717) is 29.2 Å². The van der Waals surface area contributed by atoms with Crippen LogP contribution in [0.3, 0.4) is 0 Å². The number of anilines is 2. The topological polar surface area (TPSA) is 96.0 Å². The highest BCUT2D eigenvalue weighted by molar-refractivity contribution is 7.89. The van der Waals surface area contributed by atoms with Gasteiger partial charge < -0.3 is 15.0 Å². The lowest BCUT2D eigenvalue weighted by molar-refractivity contribution is -0.125. The number of hydrogen-bond donors (Lipinski definition) is 1. The Labute approximate surface area is 176 Å². The summed E-state index contributed by atoms with van der Waals surface area (Å²) in [5.74, 6) is 0.0591. The highest BCUT2D eigenvalue weighted by Gasteiger charge is 2.31. The lowest BCUT2D eigenvalue weighted by Crippen LogP contribution is -2.44. The molecular formula is C21H25N3O5S. The predicted octanol–water partition coefficient (Wildman–Crippen LogP) is 2.71. The highest BCUT2D eigenvalue weighted by atomic mass is 32.2. The van der Waals surface area contributed by atoms with E-state index < -0.39 is 16.1 Å². The van der Waals surface area contributed by atoms with E-state index in [0.717, 1.165) is 10.7 Å². The number of rotatable bonds is 6. The summed E-state index contributed by atoms with van der Waals surface area (Å²) < 4.78 is 31.1. The zero-order valence-corrected chi connectivity index (χ0v) is 18.2. The lowest BCUT2D eigenvalue weighted by Gasteiger charge is -2.33. The Morgan fingerprint density at radius 2 is 1.83 bits per heavy atom. The van der Waals surface area contributed by atoms with E-state index >= 15 is 0 Å². The highest BCUT2D eigenvalue weighted by Crippen LogP contribution is 2.36. The van der Waals surface area contributed by atoms with E-state index in [1.54, 1.807) is 30.0 Å². The molecule has 160 valence electrons. The van der Waals surface area contributed by atoms with Gasteiger partial charge in [0.2, 0.25) is 10.0 Å². The van der Waals surface area contributed by atoms with Gasteiger partial charge in [0.05, 0.1) is 10.6 Å². The Morgan fingerprint density at radius 3 is 2.43 bits per heavy atom. The number of sulfonamides is 1. The van der Waals surface area contributed by atoms with Gasteiger partial charge in [-0.3, -0.25) is 9.59 Å². The molecule has 0 fully saturated rings. The van der Waals surface area contributed by atoms with E-state index in [1.165, 1.54) is 38.4 Å². The van der Waals surface area contributed by atoms with Gasteiger partial charge >= 0.3 is 0 Å². The lowest BCUT2D eigenvalue weighted by atomic mass is 10.1. The van der Waals surface area contributed by atoms with E-state index in [-0.39, 0.29) is 16.7 Å². The minimum absolute atomic E-state index is 0.0890. The quantitative estimate of drug-likeness (QED) is 0.759. The fourth-order valence-electron chi connectivity index (χ4n) is 3.13. The first-order valence-corrected chi connectivity index (χ1v) is 11.0. The molecule has 30 heavy (non-hydrogen) atoms. The number of nitrogens with one attached hydrogen (secondary N) is 1. The minimum Gasteiger partial charge on any atom is -0.479 e. The third-order valence-electron chi connectivity index (χ3n) is 4.77. The van der Waals surface area contributed by atoms with Crippen molar-refractivity contribution in [3.05, 3.63) is 48.0 Å². The van der Waals surface area contributed by atoms with Gasteiger partial charge in [0, 0.05) is 38.0 Å². The number of carbonyl (C=O) groups excluding carboxylic acids is 2. The SMILES string of the molecule is CCCN1C(=O)C(C)Oc2cc(NC(=O)c3ccc(S(=O)(=O)N(C)C)cc3)ccc21. The summed E-state index contributed by atoms with van der Waals surface area (Å²) >= 11 is 0. The smallest absolute Gasteiger partial charge is 0.267 e. The Hall–Kier alpha value is -2.91. The standard InChI is InChI=1S/C21H25N3O5S/c1-5-12-24-18-11-8-16(13-19(18)29-14(2)21(24)26)22-20(25)15-6-9-17(10-7-15)30(27,28)23(3)4/h6-11,13-14H,5,12H2,1-4H3,(H,22,25). The molecule has 1 atom stereocenters. The molecule has 3 rings (SSSR count). The average Bonchev–Trinajstić information content (AvgIpc) is 2.71. The van der Waals surface area contributed by atoms with Crippen molar-refractivity contribution < 1.29 is 22.7 Å². The van der Waals surface area contributed by atoms with Crippen LogP contribution in [0.25, 0.3) is 0 Å². The maximum atomic E-state index is 12.6. The van der Waals surface area contributed by atoms with Crippen molar-refractivity contribution in [2.24, 2.45) is 0 Å². The van der Waals surface area contributed by atoms with E-state index in [9.17, 15) is 18.0 Å². The van der Waals surface area contributed by atoms with Crippen LogP contribution in [-0.2, 0) is 14.8 Å². The molecule has 9 heteroatoms. The van der Waals surface area contributed by atoms with Gasteiger partial charge in [-0.2, -0.15) is 0 Å². The van der Waals surface area contributed by atoms with Crippen molar-refractivity contribution in [1.29, 1.82) is 0 Å². The van der Waals surface area contributed by atoms with Crippen LogP contribution in [0.2, 0.25) is 0 Å². The van der Waals surface area contributed by atoms with Gasteiger partial charge in [0.25, 0.3) is 11.8 Å². The Bertz CT molecular complexity index is 1060. The molecule has 1 aliphatic heterocycles. The Kier molecular flexibility index (Phi) is 6.14. The average molecular weight is 432 g/mol. The molecule has 0 saturated heterocycles. The number of amides is 2. The maximum Gasteiger partial charge on any atom is 0.267 e. The third-order valence-corrected chi connectivity index (χ3v) is 6.60. The second-order valence-corrected chi connectivity index (χ2v) is 9.35. The summed E-state index contributed by atoms with van der Waals surface area (Å²) in [5.41, 5.74) is 1.51. The van der Waals surface area contributed by atoms with Crippen LogP contribution < -0.4 is 15.0 Å². The van der Waals surface area contributed by atoms with Gasteiger partial charge in [-0.1, -0.05) is 6.92 Å². The first-order chi connectivity index (χ1) is 14.1. The molecule has 0 aliphatic carbocycles. The van der Waals surface area contributed by atoms with E-state index in [4.69, 9.17) is 4.74 Å². The molecule has 1 unspecified atom stereocenters. The fraction of sp³-hybridized carbons (Fsp3) is 0.333. The zero-order chi connectivity index (χ0) is 22.1. The zero-order valence-electron chi connectivity index (χ0n) is 17.4. The second-order valence-electron chi connectivity index (χ2n) is 7.20. The van der Waals surface area contributed by atoms with Gasteiger partial charge in [-0.25, -0.2) is 12.7 Å². The summed E-state index contributed by atoms with van der Waals surface area (Å²) in [7, 11) is -0.658. The molecule has 0 saturated carbocycles. The van der Waals surface area contributed by atoms with Crippen LogP contribution in [0.15, 0.2) is 47.4 Å². The van der Waals surface area contributed by atoms with Crippen molar-refractivity contribution in [2.75, 3.05) is 30.9 Å². The third kappa shape index (κ3) is 4.17. The second kappa shape index (κ2) is 8.45. The monoisotopic (exact) mass is 431 g/mol. The fourth-order valence-corrected chi connectivity index (χ4v) is 4.04. The molecule has 1 heterocycles. The number of benzene rings is 2. The number of ether oxygens (including phenoxy) is 1. The Balaban J connectivity index is 1.80. The summed E-state index contributed by atoms with van der Waals surface area (Å²) in [6.45, 7) is 4.28. The van der Waals surface area contributed by atoms with Gasteiger partial charge in [0.1, 0.15) is 5.75 Å². The van der Waals surface area contributed by atoms with Gasteiger partial charge in [-0.15, -0.1) is 0 Å². The van der Waals surface area contributed by atoms with Crippen LogP contribution in [0.4, 0.5) is 11.4 Å². The summed E-state index contributed by atoms with van der Waals surface area (Å²) in [6, 6.07) is 10.9. The van der Waals surface area contributed by atoms with E-state index in [2.05, 4.69) is 5.32 Å². The van der Waals surface area contributed by atoms with Gasteiger partial charge in [0.15, 0.2) is 6.10 Å². The molecule has 0 radical (unpaired) electrons. The largest absolute Gasteiger partial charge is 0.479 e. The van der Waals surface area contributed by atoms with Crippen LogP contribution in [-0.4, -0.2) is 51.3 Å². The number of nitrogens with zero attached hydrogens (tertiary/aromatic N) is 2. The van der Waals surface area contributed by atoms with Crippen molar-refractivity contribution in [1.82, 2.24) is 4.31 Å². The van der Waals surface area contributed by atoms with Crippen molar-refractivity contribution in [3.8, 4) is 5.75 Å². The van der Waals surface area contributed by atoms with Crippen LogP contribution in [0, 0.1) is 0 Å². The first kappa shape index (κ1) is 21.8. The maximum absolute atomic E-state index is 12.6. The summed E-state index contributed by atoms with van der Waals surface area (Å²) in [5, 5.41) is 2.78. The number of carbonyl (C=O) groups is 2. The number of hydrogen-bond acceptors (Lipinski definition) is 5. The molecule has 2 amide bonds. The predicted molar refractivity (Wildman–Crippen MR) is 114 cm³/mol. The molecule has 0 aromatic heterocycles. The molecule has 2 aromatic rings. The first-order valence-electron chi connectivity index (χ1n) is 9.61. The normalized spacial score (nSPS) is 16.2. The van der Waals surface area contributed by atoms with Crippen molar-refractivity contribution in [3.63, 3.8) is 0 Å². The molecule has 8 nitrogen and oxygen atoms in total. The van der Waals surface area contributed by atoms with Crippen molar-refractivity contribution in [2.45, 2.75) is 31.3 Å². The minimum atomic E-state index is -3.56. The molecule has 0 bridgehead atoms. The molecule has 0 spiro atoms.